The van der Waals surface area contributed by atoms with Gasteiger partial charge >= 0.3 is 0 Å². The summed E-state index contributed by atoms with van der Waals surface area (Å²) < 4.78 is 5.82. The van der Waals surface area contributed by atoms with E-state index in [9.17, 15) is 25.5 Å². The van der Waals surface area contributed by atoms with Crippen LogP contribution in [-0.2, 0) is 4.74 Å². The van der Waals surface area contributed by atoms with Crippen LogP contribution in [0.4, 0.5) is 0 Å². The minimum atomic E-state index is -0.848. The van der Waals surface area contributed by atoms with Crippen molar-refractivity contribution in [2.45, 2.75) is 68.7 Å². The average Bonchev–Trinajstić information content (AvgIpc) is 2.42. The van der Waals surface area contributed by atoms with Gasteiger partial charge in [0.25, 0.3) is 0 Å². The molecular weight excluding hydrogens is 276 g/mol. The summed E-state index contributed by atoms with van der Waals surface area (Å²) in [4.78, 5) is 0. The standard InChI is InChI=1S/C15H22O6/c16-8-4-11(18)9-6-13(20)15(21-14(9)5-8)7-1-2-10(17)12(19)3-7/h1,8,10-13,15-20H,2-6H2/t8-,10-,11+,12+,13+,15-/m1/s1. The van der Waals surface area contributed by atoms with Gasteiger partial charge in [-0.1, -0.05) is 6.08 Å². The Balaban J connectivity index is 1.80. The number of hydrogen-bond acceptors (Lipinski definition) is 6. The molecule has 6 nitrogen and oxygen atoms in total. The third-order valence-corrected chi connectivity index (χ3v) is 4.60. The zero-order valence-corrected chi connectivity index (χ0v) is 11.7. The van der Waals surface area contributed by atoms with Crippen molar-refractivity contribution >= 4 is 0 Å². The van der Waals surface area contributed by atoms with Crippen LogP contribution in [0.2, 0.25) is 0 Å². The molecule has 21 heavy (non-hydrogen) atoms. The molecule has 6 atom stereocenters. The highest BCUT2D eigenvalue weighted by atomic mass is 16.5. The molecule has 1 heterocycles. The molecule has 0 aromatic carbocycles. The average molecular weight is 298 g/mol. The van der Waals surface area contributed by atoms with Crippen molar-refractivity contribution in [2.24, 2.45) is 0 Å². The highest BCUT2D eigenvalue weighted by molar-refractivity contribution is 5.27. The van der Waals surface area contributed by atoms with Crippen LogP contribution < -0.4 is 0 Å². The van der Waals surface area contributed by atoms with Crippen molar-refractivity contribution < 1.29 is 30.3 Å². The first-order chi connectivity index (χ1) is 9.95. The quantitative estimate of drug-likeness (QED) is 0.411. The second kappa shape index (κ2) is 5.70. The first kappa shape index (κ1) is 15.0. The lowest BCUT2D eigenvalue weighted by Crippen LogP contribution is -2.43. The van der Waals surface area contributed by atoms with Gasteiger partial charge in [-0.15, -0.1) is 0 Å². The monoisotopic (exact) mass is 298 g/mol. The van der Waals surface area contributed by atoms with E-state index < -0.39 is 36.6 Å². The molecule has 0 aromatic heterocycles. The van der Waals surface area contributed by atoms with E-state index in [0.29, 0.717) is 30.6 Å². The SMILES string of the molecule is O[C@H]1CC2=C(C[C@H](O)[C@@H](C3=CC[C@@H](O)[C@@H](O)C3)O2)[C@@H](O)C1. The van der Waals surface area contributed by atoms with Crippen LogP contribution >= 0.6 is 0 Å². The van der Waals surface area contributed by atoms with Crippen molar-refractivity contribution in [1.82, 2.24) is 0 Å². The topological polar surface area (TPSA) is 110 Å². The molecule has 118 valence electrons. The van der Waals surface area contributed by atoms with Gasteiger partial charge < -0.3 is 30.3 Å². The van der Waals surface area contributed by atoms with Crippen LogP contribution in [0.25, 0.3) is 0 Å². The minimum Gasteiger partial charge on any atom is -0.488 e. The number of rotatable bonds is 1. The molecule has 0 saturated carbocycles. The Kier molecular flexibility index (Phi) is 4.07. The summed E-state index contributed by atoms with van der Waals surface area (Å²) in [7, 11) is 0. The lowest BCUT2D eigenvalue weighted by Gasteiger charge is -2.40. The summed E-state index contributed by atoms with van der Waals surface area (Å²) in [5, 5.41) is 49.3. The third kappa shape index (κ3) is 2.86. The van der Waals surface area contributed by atoms with Crippen LogP contribution in [0.5, 0.6) is 0 Å². The molecule has 3 aliphatic rings. The summed E-state index contributed by atoms with van der Waals surface area (Å²) in [5.41, 5.74) is 1.43. The van der Waals surface area contributed by atoms with Crippen molar-refractivity contribution in [2.75, 3.05) is 0 Å². The van der Waals surface area contributed by atoms with Crippen LogP contribution in [0.1, 0.15) is 32.1 Å². The van der Waals surface area contributed by atoms with E-state index >= 15 is 0 Å². The van der Waals surface area contributed by atoms with E-state index in [1.807, 2.05) is 0 Å². The first-order valence-electron chi connectivity index (χ1n) is 7.43. The van der Waals surface area contributed by atoms with Crippen LogP contribution in [-0.4, -0.2) is 62.2 Å². The molecule has 0 aromatic rings. The number of aliphatic hydroxyl groups excluding tert-OH is 5. The third-order valence-electron chi connectivity index (χ3n) is 4.60. The van der Waals surface area contributed by atoms with Crippen LogP contribution in [0.3, 0.4) is 0 Å². The van der Waals surface area contributed by atoms with E-state index in [1.54, 1.807) is 6.08 Å². The predicted molar refractivity (Wildman–Crippen MR) is 73.1 cm³/mol. The number of ether oxygens (including phenoxy) is 1. The van der Waals surface area contributed by atoms with Crippen molar-refractivity contribution in [3.8, 4) is 0 Å². The van der Waals surface area contributed by atoms with E-state index in [4.69, 9.17) is 4.74 Å². The van der Waals surface area contributed by atoms with Crippen LogP contribution in [0, 0.1) is 0 Å². The molecule has 0 unspecified atom stereocenters. The van der Waals surface area contributed by atoms with Crippen molar-refractivity contribution in [3.05, 3.63) is 23.0 Å². The predicted octanol–water partition coefficient (Wildman–Crippen LogP) is -0.652. The smallest absolute Gasteiger partial charge is 0.145 e. The second-order valence-corrected chi connectivity index (χ2v) is 6.22. The van der Waals surface area contributed by atoms with E-state index in [2.05, 4.69) is 0 Å². The molecule has 0 saturated heterocycles. The normalized spacial score (nSPS) is 44.0. The molecule has 1 aliphatic heterocycles. The van der Waals surface area contributed by atoms with E-state index in [1.165, 1.54) is 0 Å². The lowest BCUT2D eigenvalue weighted by molar-refractivity contribution is -0.0432. The Morgan fingerprint density at radius 1 is 0.905 bits per heavy atom. The zero-order chi connectivity index (χ0) is 15.1. The van der Waals surface area contributed by atoms with Gasteiger partial charge in [0, 0.05) is 25.7 Å². The molecule has 6 heteroatoms. The largest absolute Gasteiger partial charge is 0.488 e. The van der Waals surface area contributed by atoms with Gasteiger partial charge in [0.05, 0.1) is 30.5 Å². The second-order valence-electron chi connectivity index (χ2n) is 6.22. The van der Waals surface area contributed by atoms with Gasteiger partial charge in [0.2, 0.25) is 0 Å². The zero-order valence-electron chi connectivity index (χ0n) is 11.7. The molecular formula is C15H22O6. The molecule has 0 radical (unpaired) electrons. The Morgan fingerprint density at radius 3 is 2.38 bits per heavy atom. The Labute approximate surface area is 123 Å². The Morgan fingerprint density at radius 2 is 1.67 bits per heavy atom. The van der Waals surface area contributed by atoms with Gasteiger partial charge in [0.15, 0.2) is 0 Å². The molecule has 0 spiro atoms. The number of aliphatic hydroxyl groups is 5. The Hall–Kier alpha value is -0.920. The minimum absolute atomic E-state index is 0.261. The lowest BCUT2D eigenvalue weighted by atomic mass is 9.82. The molecule has 2 aliphatic carbocycles. The summed E-state index contributed by atoms with van der Waals surface area (Å²) in [6.07, 6.45) is -1.09. The molecule has 5 N–H and O–H groups in total. The molecule has 3 rings (SSSR count). The molecule has 0 amide bonds. The van der Waals surface area contributed by atoms with Crippen LogP contribution in [0.15, 0.2) is 23.0 Å². The Bertz CT molecular complexity index is 471. The molecule has 0 bridgehead atoms. The first-order valence-corrected chi connectivity index (χ1v) is 7.43. The van der Waals surface area contributed by atoms with Gasteiger partial charge in [-0.3, -0.25) is 0 Å². The maximum Gasteiger partial charge on any atom is 0.145 e. The fourth-order valence-electron chi connectivity index (χ4n) is 3.40. The van der Waals surface area contributed by atoms with Gasteiger partial charge in [-0.25, -0.2) is 0 Å². The summed E-state index contributed by atoms with van der Waals surface area (Å²) >= 11 is 0. The maximum absolute atomic E-state index is 10.3. The summed E-state index contributed by atoms with van der Waals surface area (Å²) in [6.45, 7) is 0. The van der Waals surface area contributed by atoms with Gasteiger partial charge in [-0.2, -0.15) is 0 Å². The highest BCUT2D eigenvalue weighted by Gasteiger charge is 2.40. The van der Waals surface area contributed by atoms with Crippen molar-refractivity contribution in [1.29, 1.82) is 0 Å². The van der Waals surface area contributed by atoms with Crippen molar-refractivity contribution in [3.63, 3.8) is 0 Å². The number of hydrogen-bond donors (Lipinski definition) is 5. The molecule has 0 fully saturated rings. The van der Waals surface area contributed by atoms with Gasteiger partial charge in [0.1, 0.15) is 11.9 Å². The van der Waals surface area contributed by atoms with E-state index in [-0.39, 0.29) is 12.8 Å². The van der Waals surface area contributed by atoms with E-state index in [0.717, 1.165) is 5.57 Å². The summed E-state index contributed by atoms with van der Waals surface area (Å²) in [5.74, 6) is 0.554. The maximum atomic E-state index is 10.3. The fraction of sp³-hybridized carbons (Fsp3) is 0.733. The van der Waals surface area contributed by atoms with Gasteiger partial charge in [-0.05, 0) is 17.6 Å². The summed E-state index contributed by atoms with van der Waals surface area (Å²) in [6, 6.07) is 0. The highest BCUT2D eigenvalue weighted by Crippen LogP contribution is 2.38. The fourth-order valence-corrected chi connectivity index (χ4v) is 3.40.